The van der Waals surface area contributed by atoms with Crippen molar-refractivity contribution in [2.24, 2.45) is 4.99 Å². The van der Waals surface area contributed by atoms with Crippen molar-refractivity contribution in [3.63, 3.8) is 0 Å². The molecule has 0 fully saturated rings. The number of aliphatic imine (C=N–C) groups is 1. The summed E-state index contributed by atoms with van der Waals surface area (Å²) < 4.78 is 0. The van der Waals surface area contributed by atoms with E-state index in [0.29, 0.717) is 6.04 Å². The molecule has 0 amide bonds. The first-order valence-corrected chi connectivity index (χ1v) is 7.42. The van der Waals surface area contributed by atoms with Crippen molar-refractivity contribution in [2.45, 2.75) is 12.5 Å². The Bertz CT molecular complexity index is 724. The van der Waals surface area contributed by atoms with Gasteiger partial charge in [-0.25, -0.2) is 0 Å². The lowest BCUT2D eigenvalue weighted by Gasteiger charge is -2.31. The monoisotopic (exact) mass is 313 g/mol. The highest BCUT2D eigenvalue weighted by Crippen LogP contribution is 2.40. The number of guanidine groups is 1. The first kappa shape index (κ1) is 14.9. The van der Waals surface area contributed by atoms with Crippen molar-refractivity contribution in [2.75, 3.05) is 25.5 Å². The maximum Gasteiger partial charge on any atom is 0.201 e. The van der Waals surface area contributed by atoms with Crippen LogP contribution in [0.25, 0.3) is 0 Å². The van der Waals surface area contributed by atoms with E-state index in [1.54, 1.807) is 0 Å². The summed E-state index contributed by atoms with van der Waals surface area (Å²) in [7, 11) is 4.14. The van der Waals surface area contributed by atoms with Crippen LogP contribution in [-0.2, 0) is 6.42 Å². The molecular weight excluding hydrogens is 294 g/mol. The summed E-state index contributed by atoms with van der Waals surface area (Å²) in [5.41, 5.74) is 5.51. The van der Waals surface area contributed by atoms with Gasteiger partial charge in [-0.1, -0.05) is 42.5 Å². The summed E-state index contributed by atoms with van der Waals surface area (Å²) in [6.07, 6.45) is 1.00. The van der Waals surface area contributed by atoms with Gasteiger partial charge < -0.3 is 9.80 Å². The zero-order valence-corrected chi connectivity index (χ0v) is 13.7. The van der Waals surface area contributed by atoms with Crippen LogP contribution in [0.3, 0.4) is 0 Å². The fraction of sp³-hybridized carbons (Fsp3) is 0.278. The quantitative estimate of drug-likeness (QED) is 0.741. The Morgan fingerprint density at radius 3 is 2.45 bits per heavy atom. The van der Waals surface area contributed by atoms with Gasteiger partial charge in [0.15, 0.2) is 0 Å². The van der Waals surface area contributed by atoms with Crippen LogP contribution in [0.2, 0.25) is 0 Å². The van der Waals surface area contributed by atoms with Crippen LogP contribution >= 0.6 is 12.4 Å². The van der Waals surface area contributed by atoms with E-state index in [2.05, 4.69) is 72.4 Å². The van der Waals surface area contributed by atoms with E-state index in [4.69, 9.17) is 4.99 Å². The molecule has 0 N–H and O–H groups in total. The van der Waals surface area contributed by atoms with Gasteiger partial charge in [0.25, 0.3) is 0 Å². The summed E-state index contributed by atoms with van der Waals surface area (Å²) in [6, 6.07) is 17.8. The Morgan fingerprint density at radius 1 is 1.00 bits per heavy atom. The Labute approximate surface area is 137 Å². The summed E-state index contributed by atoms with van der Waals surface area (Å²) in [5.74, 6) is 1.06. The molecule has 2 aromatic carbocycles. The maximum atomic E-state index is 4.79. The SMILES string of the molecule is CN(C)C1=NCC2c3ccccc3Cc3ccccc3N12.Cl. The molecule has 0 radical (unpaired) electrons. The van der Waals surface area contributed by atoms with E-state index < -0.39 is 0 Å². The number of nitrogens with zero attached hydrogens (tertiary/aromatic N) is 3. The lowest BCUT2D eigenvalue weighted by Crippen LogP contribution is -2.39. The predicted octanol–water partition coefficient (Wildman–Crippen LogP) is 3.49. The zero-order chi connectivity index (χ0) is 14.4. The second-order valence-corrected chi connectivity index (χ2v) is 5.93. The molecular formula is C18H20ClN3. The fourth-order valence-corrected chi connectivity index (χ4v) is 3.46. The highest BCUT2D eigenvalue weighted by Gasteiger charge is 2.35. The largest absolute Gasteiger partial charge is 0.349 e. The van der Waals surface area contributed by atoms with Gasteiger partial charge in [0.05, 0.1) is 12.6 Å². The van der Waals surface area contributed by atoms with E-state index in [9.17, 15) is 0 Å². The Hall–Kier alpha value is -2.00. The fourth-order valence-electron chi connectivity index (χ4n) is 3.46. The predicted molar refractivity (Wildman–Crippen MR) is 94.1 cm³/mol. The second kappa shape index (κ2) is 5.65. The lowest BCUT2D eigenvalue weighted by atomic mass is 9.97. The van der Waals surface area contributed by atoms with Crippen molar-refractivity contribution < 1.29 is 0 Å². The number of anilines is 1. The van der Waals surface area contributed by atoms with Gasteiger partial charge in [-0.2, -0.15) is 0 Å². The molecule has 22 heavy (non-hydrogen) atoms. The number of para-hydroxylation sites is 1. The topological polar surface area (TPSA) is 18.8 Å². The highest BCUT2D eigenvalue weighted by atomic mass is 35.5. The van der Waals surface area contributed by atoms with E-state index in [1.165, 1.54) is 22.4 Å². The molecule has 0 bridgehead atoms. The average Bonchev–Trinajstić information content (AvgIpc) is 2.88. The molecule has 4 rings (SSSR count). The minimum Gasteiger partial charge on any atom is -0.349 e. The first-order chi connectivity index (χ1) is 10.3. The summed E-state index contributed by atoms with van der Waals surface area (Å²) >= 11 is 0. The van der Waals surface area contributed by atoms with Crippen LogP contribution in [0.1, 0.15) is 22.7 Å². The van der Waals surface area contributed by atoms with Gasteiger partial charge in [-0.15, -0.1) is 12.4 Å². The van der Waals surface area contributed by atoms with Crippen LogP contribution < -0.4 is 4.90 Å². The van der Waals surface area contributed by atoms with Crippen molar-refractivity contribution in [3.8, 4) is 0 Å². The van der Waals surface area contributed by atoms with Crippen LogP contribution in [0, 0.1) is 0 Å². The zero-order valence-electron chi connectivity index (χ0n) is 12.9. The van der Waals surface area contributed by atoms with Crippen molar-refractivity contribution in [1.29, 1.82) is 0 Å². The molecule has 2 aromatic rings. The smallest absolute Gasteiger partial charge is 0.201 e. The lowest BCUT2D eigenvalue weighted by molar-refractivity contribution is 0.605. The number of hydrogen-bond acceptors (Lipinski definition) is 3. The van der Waals surface area contributed by atoms with Crippen molar-refractivity contribution >= 4 is 24.1 Å². The van der Waals surface area contributed by atoms with E-state index in [0.717, 1.165) is 18.9 Å². The Morgan fingerprint density at radius 2 is 1.68 bits per heavy atom. The van der Waals surface area contributed by atoms with Crippen molar-refractivity contribution in [3.05, 3.63) is 65.2 Å². The van der Waals surface area contributed by atoms with Gasteiger partial charge in [-0.05, 0) is 29.2 Å². The molecule has 2 heterocycles. The number of rotatable bonds is 0. The average molecular weight is 314 g/mol. The molecule has 0 saturated heterocycles. The molecule has 0 aliphatic carbocycles. The molecule has 4 heteroatoms. The second-order valence-electron chi connectivity index (χ2n) is 5.93. The minimum absolute atomic E-state index is 0. The first-order valence-electron chi connectivity index (χ1n) is 7.42. The molecule has 114 valence electrons. The summed E-state index contributed by atoms with van der Waals surface area (Å²) in [4.78, 5) is 9.31. The molecule has 3 nitrogen and oxygen atoms in total. The van der Waals surface area contributed by atoms with E-state index in [-0.39, 0.29) is 12.4 Å². The number of fused-ring (bicyclic) bond motifs is 5. The maximum absolute atomic E-state index is 4.79. The van der Waals surface area contributed by atoms with Gasteiger partial charge in [0.1, 0.15) is 0 Å². The molecule has 0 spiro atoms. The third-order valence-electron chi connectivity index (χ3n) is 4.38. The van der Waals surface area contributed by atoms with E-state index >= 15 is 0 Å². The summed E-state index contributed by atoms with van der Waals surface area (Å²) in [5, 5.41) is 0. The van der Waals surface area contributed by atoms with Gasteiger partial charge >= 0.3 is 0 Å². The third kappa shape index (κ3) is 2.17. The van der Waals surface area contributed by atoms with Gasteiger partial charge in [0, 0.05) is 19.8 Å². The molecule has 0 aromatic heterocycles. The third-order valence-corrected chi connectivity index (χ3v) is 4.38. The van der Waals surface area contributed by atoms with E-state index in [1.807, 2.05) is 0 Å². The molecule has 1 atom stereocenters. The minimum atomic E-state index is 0. The molecule has 0 saturated carbocycles. The standard InChI is InChI=1S/C18H19N3.ClH/c1-20(2)18-19-12-17-15-9-5-3-7-13(15)11-14-8-4-6-10-16(14)21(17)18;/h3-10,17H,11-12H2,1-2H3;1H. The molecule has 1 unspecified atom stereocenters. The van der Waals surface area contributed by atoms with Crippen LogP contribution in [-0.4, -0.2) is 31.5 Å². The molecule has 2 aliphatic rings. The van der Waals surface area contributed by atoms with Crippen LogP contribution in [0.15, 0.2) is 53.5 Å². The molecule has 2 aliphatic heterocycles. The number of halogens is 1. The summed E-state index contributed by atoms with van der Waals surface area (Å²) in [6.45, 7) is 0.832. The number of benzene rings is 2. The van der Waals surface area contributed by atoms with Gasteiger partial charge in [0.2, 0.25) is 5.96 Å². The highest BCUT2D eigenvalue weighted by molar-refractivity contribution is 5.99. The van der Waals surface area contributed by atoms with Gasteiger partial charge in [-0.3, -0.25) is 4.99 Å². The Balaban J connectivity index is 0.00000144. The Kier molecular flexibility index (Phi) is 3.83. The number of hydrogen-bond donors (Lipinski definition) is 0. The van der Waals surface area contributed by atoms with Crippen LogP contribution in [0.5, 0.6) is 0 Å². The van der Waals surface area contributed by atoms with Crippen LogP contribution in [0.4, 0.5) is 5.69 Å². The normalized spacial score (nSPS) is 18.4. The van der Waals surface area contributed by atoms with Crippen molar-refractivity contribution in [1.82, 2.24) is 4.90 Å².